The van der Waals surface area contributed by atoms with E-state index in [1.807, 2.05) is 30.3 Å². The SMILES string of the molecule is COc1cccc(CCC2=N/C(=C\c3cc(OC)ccc3OC)C(=O)N2)c1. The van der Waals surface area contributed by atoms with E-state index in [1.165, 1.54) is 0 Å². The molecule has 2 aromatic rings. The molecule has 0 aromatic heterocycles. The predicted octanol–water partition coefficient (Wildman–Crippen LogP) is 3.21. The maximum atomic E-state index is 12.3. The first-order valence-electron chi connectivity index (χ1n) is 8.58. The molecule has 6 heteroatoms. The number of hydrogen-bond acceptors (Lipinski definition) is 5. The van der Waals surface area contributed by atoms with Crippen LogP contribution in [0.3, 0.4) is 0 Å². The second kappa shape index (κ2) is 8.40. The monoisotopic (exact) mass is 366 g/mol. The lowest BCUT2D eigenvalue weighted by molar-refractivity contribution is -0.115. The van der Waals surface area contributed by atoms with Gasteiger partial charge in [-0.2, -0.15) is 0 Å². The van der Waals surface area contributed by atoms with E-state index in [2.05, 4.69) is 10.3 Å². The van der Waals surface area contributed by atoms with E-state index in [9.17, 15) is 4.79 Å². The Morgan fingerprint density at radius 1 is 0.963 bits per heavy atom. The van der Waals surface area contributed by atoms with Gasteiger partial charge in [0.1, 0.15) is 28.8 Å². The Morgan fingerprint density at radius 3 is 2.48 bits per heavy atom. The van der Waals surface area contributed by atoms with Crippen LogP contribution in [-0.2, 0) is 11.2 Å². The topological polar surface area (TPSA) is 69.1 Å². The molecule has 0 atom stereocenters. The zero-order chi connectivity index (χ0) is 19.2. The van der Waals surface area contributed by atoms with Gasteiger partial charge in [-0.25, -0.2) is 4.99 Å². The summed E-state index contributed by atoms with van der Waals surface area (Å²) in [6, 6.07) is 13.3. The molecule has 1 amide bonds. The van der Waals surface area contributed by atoms with Crippen molar-refractivity contribution >= 4 is 17.8 Å². The molecule has 3 rings (SSSR count). The van der Waals surface area contributed by atoms with Crippen LogP contribution in [0.2, 0.25) is 0 Å². The molecule has 27 heavy (non-hydrogen) atoms. The van der Waals surface area contributed by atoms with Crippen molar-refractivity contribution in [3.05, 3.63) is 59.3 Å². The first-order chi connectivity index (χ1) is 13.1. The summed E-state index contributed by atoms with van der Waals surface area (Å²) in [5.74, 6) is 2.58. The average Bonchev–Trinajstić information content (AvgIpc) is 3.05. The molecule has 0 spiro atoms. The molecule has 140 valence electrons. The lowest BCUT2D eigenvalue weighted by atomic mass is 10.1. The quantitative estimate of drug-likeness (QED) is 0.764. The summed E-state index contributed by atoms with van der Waals surface area (Å²) in [4.78, 5) is 16.7. The average molecular weight is 366 g/mol. The van der Waals surface area contributed by atoms with Crippen LogP contribution >= 0.6 is 0 Å². The molecular weight excluding hydrogens is 344 g/mol. The third kappa shape index (κ3) is 4.47. The minimum atomic E-state index is -0.222. The van der Waals surface area contributed by atoms with Crippen molar-refractivity contribution in [2.45, 2.75) is 12.8 Å². The molecule has 6 nitrogen and oxygen atoms in total. The van der Waals surface area contributed by atoms with Gasteiger partial charge >= 0.3 is 0 Å². The van der Waals surface area contributed by atoms with Crippen molar-refractivity contribution in [1.82, 2.24) is 5.32 Å². The molecule has 1 aliphatic rings. The van der Waals surface area contributed by atoms with Gasteiger partial charge in [0.25, 0.3) is 5.91 Å². The molecule has 2 aromatic carbocycles. The standard InChI is InChI=1S/C21H22N2O4/c1-25-16-6-4-5-14(11-16)7-10-20-22-18(21(24)23-20)13-15-12-17(26-2)8-9-19(15)27-3/h4-6,8-9,11-13H,7,10H2,1-3H3,(H,22,23,24)/b18-13-. The summed E-state index contributed by atoms with van der Waals surface area (Å²) in [7, 11) is 4.82. The Hall–Kier alpha value is -3.28. The van der Waals surface area contributed by atoms with Crippen LogP contribution in [0, 0.1) is 0 Å². The molecule has 1 heterocycles. The van der Waals surface area contributed by atoms with E-state index in [-0.39, 0.29) is 5.91 Å². The van der Waals surface area contributed by atoms with Gasteiger partial charge in [0, 0.05) is 12.0 Å². The van der Waals surface area contributed by atoms with Gasteiger partial charge in [-0.15, -0.1) is 0 Å². The van der Waals surface area contributed by atoms with Crippen molar-refractivity contribution in [3.63, 3.8) is 0 Å². The van der Waals surface area contributed by atoms with Crippen LogP contribution in [0.25, 0.3) is 6.08 Å². The van der Waals surface area contributed by atoms with E-state index < -0.39 is 0 Å². The van der Waals surface area contributed by atoms with Crippen molar-refractivity contribution in [1.29, 1.82) is 0 Å². The molecule has 1 aliphatic heterocycles. The largest absolute Gasteiger partial charge is 0.497 e. The van der Waals surface area contributed by atoms with Gasteiger partial charge in [-0.1, -0.05) is 12.1 Å². The van der Waals surface area contributed by atoms with E-state index in [1.54, 1.807) is 39.5 Å². The Balaban J connectivity index is 1.76. The molecule has 1 N–H and O–H groups in total. The number of benzene rings is 2. The van der Waals surface area contributed by atoms with Gasteiger partial charge in [0.15, 0.2) is 0 Å². The fourth-order valence-electron chi connectivity index (χ4n) is 2.83. The van der Waals surface area contributed by atoms with E-state index in [0.717, 1.165) is 23.3 Å². The molecule has 0 unspecified atom stereocenters. The number of rotatable bonds is 7. The molecular formula is C21H22N2O4. The van der Waals surface area contributed by atoms with Crippen LogP contribution in [0.1, 0.15) is 17.5 Å². The highest BCUT2D eigenvalue weighted by Gasteiger charge is 2.20. The normalized spacial score (nSPS) is 14.7. The number of methoxy groups -OCH3 is 3. The van der Waals surface area contributed by atoms with E-state index >= 15 is 0 Å². The highest BCUT2D eigenvalue weighted by atomic mass is 16.5. The number of amides is 1. The molecule has 0 bridgehead atoms. The lowest BCUT2D eigenvalue weighted by Crippen LogP contribution is -2.24. The fraction of sp³-hybridized carbons (Fsp3) is 0.238. The predicted molar refractivity (Wildman–Crippen MR) is 104 cm³/mol. The van der Waals surface area contributed by atoms with Crippen LogP contribution in [0.4, 0.5) is 0 Å². The number of carbonyl (C=O) groups excluding carboxylic acids is 1. The maximum Gasteiger partial charge on any atom is 0.275 e. The van der Waals surface area contributed by atoms with Crippen molar-refractivity contribution < 1.29 is 19.0 Å². The van der Waals surface area contributed by atoms with Gasteiger partial charge in [-0.05, 0) is 48.4 Å². The Bertz CT molecular complexity index is 903. The van der Waals surface area contributed by atoms with Gasteiger partial charge in [0.2, 0.25) is 0 Å². The number of ether oxygens (including phenoxy) is 3. The van der Waals surface area contributed by atoms with Crippen LogP contribution in [-0.4, -0.2) is 33.1 Å². The molecule has 0 fully saturated rings. The number of aryl methyl sites for hydroxylation is 1. The zero-order valence-corrected chi connectivity index (χ0v) is 15.6. The molecule has 0 aliphatic carbocycles. The number of nitrogens with zero attached hydrogens (tertiary/aromatic N) is 1. The summed E-state index contributed by atoms with van der Waals surface area (Å²) >= 11 is 0. The third-order valence-electron chi connectivity index (χ3n) is 4.26. The summed E-state index contributed by atoms with van der Waals surface area (Å²) in [6.45, 7) is 0. The highest BCUT2D eigenvalue weighted by molar-refractivity contribution is 6.14. The Labute approximate surface area is 158 Å². The van der Waals surface area contributed by atoms with Crippen molar-refractivity contribution in [3.8, 4) is 17.2 Å². The fourth-order valence-corrected chi connectivity index (χ4v) is 2.83. The van der Waals surface area contributed by atoms with Crippen molar-refractivity contribution in [2.75, 3.05) is 21.3 Å². The molecule has 0 radical (unpaired) electrons. The Kier molecular flexibility index (Phi) is 5.76. The van der Waals surface area contributed by atoms with Crippen LogP contribution in [0.15, 0.2) is 53.2 Å². The zero-order valence-electron chi connectivity index (χ0n) is 15.6. The number of nitrogens with one attached hydrogen (secondary N) is 1. The smallest absolute Gasteiger partial charge is 0.275 e. The second-order valence-electron chi connectivity index (χ2n) is 6.00. The summed E-state index contributed by atoms with van der Waals surface area (Å²) < 4.78 is 15.8. The van der Waals surface area contributed by atoms with Gasteiger partial charge in [0.05, 0.1) is 21.3 Å². The number of hydrogen-bond donors (Lipinski definition) is 1. The summed E-state index contributed by atoms with van der Waals surface area (Å²) in [5.41, 5.74) is 2.21. The molecule has 0 saturated heterocycles. The highest BCUT2D eigenvalue weighted by Crippen LogP contribution is 2.27. The second-order valence-corrected chi connectivity index (χ2v) is 6.00. The van der Waals surface area contributed by atoms with Crippen molar-refractivity contribution in [2.24, 2.45) is 4.99 Å². The Morgan fingerprint density at radius 2 is 1.74 bits per heavy atom. The van der Waals surface area contributed by atoms with Crippen LogP contribution in [0.5, 0.6) is 17.2 Å². The van der Waals surface area contributed by atoms with E-state index in [0.29, 0.717) is 29.5 Å². The minimum Gasteiger partial charge on any atom is -0.497 e. The first kappa shape index (κ1) is 18.5. The lowest BCUT2D eigenvalue weighted by Gasteiger charge is -2.07. The third-order valence-corrected chi connectivity index (χ3v) is 4.26. The van der Waals surface area contributed by atoms with E-state index in [4.69, 9.17) is 14.2 Å². The summed E-state index contributed by atoms with van der Waals surface area (Å²) in [5, 5.41) is 2.83. The summed E-state index contributed by atoms with van der Waals surface area (Å²) in [6.07, 6.45) is 3.09. The minimum absolute atomic E-state index is 0.222. The first-order valence-corrected chi connectivity index (χ1v) is 8.58. The van der Waals surface area contributed by atoms with Gasteiger partial charge in [-0.3, -0.25) is 4.79 Å². The van der Waals surface area contributed by atoms with Crippen LogP contribution < -0.4 is 19.5 Å². The number of amidine groups is 1. The maximum absolute atomic E-state index is 12.3. The number of carbonyl (C=O) groups is 1. The van der Waals surface area contributed by atoms with Gasteiger partial charge < -0.3 is 19.5 Å². The number of aliphatic imine (C=N–C) groups is 1. The molecule has 0 saturated carbocycles.